The summed E-state index contributed by atoms with van der Waals surface area (Å²) in [5.74, 6) is 1.18. The Kier molecular flexibility index (Phi) is 7.11. The van der Waals surface area contributed by atoms with E-state index in [2.05, 4.69) is 57.3 Å². The summed E-state index contributed by atoms with van der Waals surface area (Å²) < 4.78 is 5.32. The van der Waals surface area contributed by atoms with E-state index in [1.54, 1.807) is 7.11 Å². The van der Waals surface area contributed by atoms with E-state index in [0.717, 1.165) is 19.6 Å². The summed E-state index contributed by atoms with van der Waals surface area (Å²) in [6.07, 6.45) is 1.12. The first-order valence-corrected chi connectivity index (χ1v) is 7.30. The van der Waals surface area contributed by atoms with Crippen LogP contribution in [-0.4, -0.2) is 26.3 Å². The number of nitrogens with one attached hydrogen (secondary N) is 1. The van der Waals surface area contributed by atoms with E-state index in [9.17, 15) is 0 Å². The highest BCUT2D eigenvalue weighted by Gasteiger charge is 2.18. The maximum absolute atomic E-state index is 5.32. The monoisotopic (exact) mass is 263 g/mol. The van der Waals surface area contributed by atoms with Gasteiger partial charge in [-0.2, -0.15) is 0 Å². The van der Waals surface area contributed by atoms with Gasteiger partial charge >= 0.3 is 0 Å². The van der Waals surface area contributed by atoms with Crippen molar-refractivity contribution < 1.29 is 4.74 Å². The average molecular weight is 263 g/mol. The molecule has 0 aliphatic heterocycles. The highest BCUT2D eigenvalue weighted by Crippen LogP contribution is 2.18. The van der Waals surface area contributed by atoms with Gasteiger partial charge in [0, 0.05) is 19.8 Å². The Hall–Kier alpha value is -0.860. The molecule has 0 saturated heterocycles. The summed E-state index contributed by atoms with van der Waals surface area (Å²) in [6.45, 7) is 10.7. The zero-order valence-corrected chi connectivity index (χ0v) is 13.1. The Morgan fingerprint density at radius 3 is 2.26 bits per heavy atom. The lowest BCUT2D eigenvalue weighted by Crippen LogP contribution is -2.34. The third-order valence-corrected chi connectivity index (χ3v) is 3.64. The van der Waals surface area contributed by atoms with Gasteiger partial charge in [0.2, 0.25) is 0 Å². The van der Waals surface area contributed by atoms with E-state index in [-0.39, 0.29) is 0 Å². The zero-order chi connectivity index (χ0) is 14.3. The second kappa shape index (κ2) is 8.34. The highest BCUT2D eigenvalue weighted by molar-refractivity contribution is 5.21. The van der Waals surface area contributed by atoms with Crippen molar-refractivity contribution in [3.8, 4) is 0 Å². The van der Waals surface area contributed by atoms with Crippen LogP contribution in [0.25, 0.3) is 0 Å². The van der Waals surface area contributed by atoms with Gasteiger partial charge in [0.15, 0.2) is 0 Å². The van der Waals surface area contributed by atoms with Gasteiger partial charge < -0.3 is 10.1 Å². The van der Waals surface area contributed by atoms with Gasteiger partial charge in [0.1, 0.15) is 0 Å². The van der Waals surface area contributed by atoms with Gasteiger partial charge in [-0.15, -0.1) is 0 Å². The Morgan fingerprint density at radius 1 is 1.11 bits per heavy atom. The Bertz CT molecular complexity index is 345. The zero-order valence-electron chi connectivity index (χ0n) is 13.1. The fourth-order valence-corrected chi connectivity index (χ4v) is 2.29. The average Bonchev–Trinajstić information content (AvgIpc) is 2.36. The van der Waals surface area contributed by atoms with Crippen molar-refractivity contribution in [2.24, 2.45) is 11.8 Å². The number of hydrogen-bond acceptors (Lipinski definition) is 2. The first kappa shape index (κ1) is 16.2. The van der Waals surface area contributed by atoms with E-state index in [1.807, 2.05) is 0 Å². The molecule has 2 heteroatoms. The molecule has 2 nitrogen and oxygen atoms in total. The lowest BCUT2D eigenvalue weighted by Gasteiger charge is -2.25. The van der Waals surface area contributed by atoms with E-state index in [4.69, 9.17) is 4.74 Å². The van der Waals surface area contributed by atoms with Crippen molar-refractivity contribution in [1.82, 2.24) is 5.32 Å². The molecule has 1 rings (SSSR count). The molecule has 0 aliphatic carbocycles. The molecule has 0 saturated carbocycles. The maximum Gasteiger partial charge on any atom is 0.0491 e. The van der Waals surface area contributed by atoms with Crippen LogP contribution in [0.2, 0.25) is 0 Å². The van der Waals surface area contributed by atoms with Crippen LogP contribution in [0.5, 0.6) is 0 Å². The molecule has 2 atom stereocenters. The molecule has 0 fully saturated rings. The molecular weight excluding hydrogens is 234 g/mol. The van der Waals surface area contributed by atoms with Crippen LogP contribution >= 0.6 is 0 Å². The molecule has 1 aromatic rings. The van der Waals surface area contributed by atoms with E-state index >= 15 is 0 Å². The van der Waals surface area contributed by atoms with Crippen molar-refractivity contribution >= 4 is 0 Å². The topological polar surface area (TPSA) is 21.3 Å². The van der Waals surface area contributed by atoms with Gasteiger partial charge in [-0.25, -0.2) is 0 Å². The molecule has 2 unspecified atom stereocenters. The van der Waals surface area contributed by atoms with Crippen molar-refractivity contribution in [3.63, 3.8) is 0 Å². The Balaban J connectivity index is 2.64. The minimum Gasteiger partial charge on any atom is -0.384 e. The Morgan fingerprint density at radius 2 is 1.74 bits per heavy atom. The molecular formula is C17H29NO. The summed E-state index contributed by atoms with van der Waals surface area (Å²) in [6, 6.07) is 9.43. The van der Waals surface area contributed by atoms with Gasteiger partial charge in [0.05, 0.1) is 0 Å². The van der Waals surface area contributed by atoms with E-state index in [1.165, 1.54) is 11.1 Å². The standard InChI is InChI=1S/C17H29NO/c1-13(2)18-11-17(15(4)12-19-5)10-16-8-6-14(3)7-9-16/h6-9,13,15,17-18H,10-12H2,1-5H3. The minimum atomic E-state index is 0.537. The van der Waals surface area contributed by atoms with E-state index in [0.29, 0.717) is 17.9 Å². The van der Waals surface area contributed by atoms with Crippen molar-refractivity contribution in [2.75, 3.05) is 20.3 Å². The number of ether oxygens (including phenoxy) is 1. The smallest absolute Gasteiger partial charge is 0.0491 e. The van der Waals surface area contributed by atoms with Crippen LogP contribution in [-0.2, 0) is 11.2 Å². The number of hydrogen-bond donors (Lipinski definition) is 1. The second-order valence-electron chi connectivity index (χ2n) is 5.95. The second-order valence-corrected chi connectivity index (χ2v) is 5.95. The summed E-state index contributed by atoms with van der Waals surface area (Å²) in [7, 11) is 1.79. The predicted octanol–water partition coefficient (Wildman–Crippen LogP) is 3.43. The predicted molar refractivity (Wildman–Crippen MR) is 82.6 cm³/mol. The third-order valence-electron chi connectivity index (χ3n) is 3.64. The molecule has 19 heavy (non-hydrogen) atoms. The quantitative estimate of drug-likeness (QED) is 0.776. The SMILES string of the molecule is COCC(C)C(CNC(C)C)Cc1ccc(C)cc1. The maximum atomic E-state index is 5.32. The molecule has 0 aromatic heterocycles. The molecule has 1 N–H and O–H groups in total. The fourth-order valence-electron chi connectivity index (χ4n) is 2.29. The van der Waals surface area contributed by atoms with Gasteiger partial charge in [0.25, 0.3) is 0 Å². The molecule has 108 valence electrons. The number of aryl methyl sites for hydroxylation is 1. The summed E-state index contributed by atoms with van der Waals surface area (Å²) in [5, 5.41) is 3.56. The molecule has 1 aromatic carbocycles. The van der Waals surface area contributed by atoms with Crippen molar-refractivity contribution in [1.29, 1.82) is 0 Å². The number of benzene rings is 1. The first-order valence-electron chi connectivity index (χ1n) is 7.30. The van der Waals surface area contributed by atoms with Crippen LogP contribution in [0.1, 0.15) is 31.9 Å². The van der Waals surface area contributed by atoms with Crippen LogP contribution in [0, 0.1) is 18.8 Å². The third kappa shape index (κ3) is 6.22. The van der Waals surface area contributed by atoms with Crippen LogP contribution in [0.15, 0.2) is 24.3 Å². The summed E-state index contributed by atoms with van der Waals surface area (Å²) >= 11 is 0. The molecule has 0 aliphatic rings. The molecule has 0 bridgehead atoms. The van der Waals surface area contributed by atoms with E-state index < -0.39 is 0 Å². The lowest BCUT2D eigenvalue weighted by atomic mass is 9.88. The number of methoxy groups -OCH3 is 1. The van der Waals surface area contributed by atoms with Crippen LogP contribution in [0.3, 0.4) is 0 Å². The van der Waals surface area contributed by atoms with Crippen LogP contribution in [0.4, 0.5) is 0 Å². The molecule has 0 radical (unpaired) electrons. The van der Waals surface area contributed by atoms with Gasteiger partial charge in [-0.1, -0.05) is 50.6 Å². The fraction of sp³-hybridized carbons (Fsp3) is 0.647. The van der Waals surface area contributed by atoms with Gasteiger partial charge in [-0.05, 0) is 37.3 Å². The normalized spacial score (nSPS) is 14.6. The number of rotatable bonds is 8. The van der Waals surface area contributed by atoms with Gasteiger partial charge in [-0.3, -0.25) is 0 Å². The molecule has 0 amide bonds. The lowest BCUT2D eigenvalue weighted by molar-refractivity contribution is 0.127. The summed E-state index contributed by atoms with van der Waals surface area (Å²) in [4.78, 5) is 0. The molecule has 0 heterocycles. The Labute approximate surface area is 118 Å². The van der Waals surface area contributed by atoms with Crippen LogP contribution < -0.4 is 5.32 Å². The molecule has 0 spiro atoms. The summed E-state index contributed by atoms with van der Waals surface area (Å²) in [5.41, 5.74) is 2.75. The first-order chi connectivity index (χ1) is 9.02. The van der Waals surface area contributed by atoms with Crippen molar-refractivity contribution in [2.45, 2.75) is 40.2 Å². The minimum absolute atomic E-state index is 0.537. The highest BCUT2D eigenvalue weighted by atomic mass is 16.5. The largest absolute Gasteiger partial charge is 0.384 e. The van der Waals surface area contributed by atoms with Crippen molar-refractivity contribution in [3.05, 3.63) is 35.4 Å².